The molecule has 0 saturated carbocycles. The number of anilines is 1. The van der Waals surface area contributed by atoms with Crippen LogP contribution in [0.1, 0.15) is 37.8 Å². The minimum absolute atomic E-state index is 0. The van der Waals surface area contributed by atoms with Crippen molar-refractivity contribution in [2.45, 2.75) is 45.6 Å². The van der Waals surface area contributed by atoms with Crippen LogP contribution in [0.4, 0.5) is 5.69 Å². The molecular formula is C17H29IN4. The van der Waals surface area contributed by atoms with Gasteiger partial charge < -0.3 is 16.0 Å². The number of hydrogen-bond donors (Lipinski definition) is 2. The van der Waals surface area contributed by atoms with Gasteiger partial charge in [0, 0.05) is 18.3 Å². The van der Waals surface area contributed by atoms with E-state index < -0.39 is 0 Å². The molecule has 3 N–H and O–H groups in total. The Morgan fingerprint density at radius 1 is 1.32 bits per heavy atom. The first-order valence-corrected chi connectivity index (χ1v) is 7.96. The number of nitrogens with zero attached hydrogens (tertiary/aromatic N) is 2. The summed E-state index contributed by atoms with van der Waals surface area (Å²) in [5, 5.41) is 3.28. The Labute approximate surface area is 151 Å². The maximum atomic E-state index is 6.02. The molecule has 0 saturated heterocycles. The van der Waals surface area contributed by atoms with Crippen molar-refractivity contribution in [1.29, 1.82) is 0 Å². The largest absolute Gasteiger partial charge is 0.370 e. The van der Waals surface area contributed by atoms with Crippen LogP contribution in [-0.2, 0) is 12.8 Å². The highest BCUT2D eigenvalue weighted by Crippen LogP contribution is 2.27. The molecule has 1 aromatic rings. The molecule has 2 rings (SSSR count). The van der Waals surface area contributed by atoms with Crippen molar-refractivity contribution in [2.75, 3.05) is 25.5 Å². The number of benzene rings is 1. The average Bonchev–Trinajstić information content (AvgIpc) is 2.47. The molecule has 0 unspecified atom stereocenters. The number of aryl methyl sites for hydroxylation is 1. The number of nitrogens with two attached hydrogens (primary N) is 1. The van der Waals surface area contributed by atoms with E-state index in [9.17, 15) is 0 Å². The fourth-order valence-electron chi connectivity index (χ4n) is 2.66. The van der Waals surface area contributed by atoms with E-state index in [4.69, 9.17) is 5.73 Å². The Bertz CT molecular complexity index is 499. The predicted molar refractivity (Wildman–Crippen MR) is 106 cm³/mol. The number of fused-ring (bicyclic) bond motifs is 1. The number of halogens is 1. The fraction of sp³-hybridized carbons (Fsp3) is 0.588. The van der Waals surface area contributed by atoms with Gasteiger partial charge in [-0.1, -0.05) is 12.1 Å². The molecule has 1 aromatic carbocycles. The highest BCUT2D eigenvalue weighted by atomic mass is 127. The van der Waals surface area contributed by atoms with Crippen LogP contribution in [0.15, 0.2) is 23.2 Å². The van der Waals surface area contributed by atoms with Crippen molar-refractivity contribution in [3.05, 3.63) is 29.3 Å². The van der Waals surface area contributed by atoms with Crippen LogP contribution in [0.25, 0.3) is 0 Å². The maximum Gasteiger partial charge on any atom is 0.193 e. The predicted octanol–water partition coefficient (Wildman–Crippen LogP) is 3.25. The molecule has 0 aromatic heterocycles. The molecule has 1 aliphatic carbocycles. The third-order valence-electron chi connectivity index (χ3n) is 4.28. The molecule has 124 valence electrons. The Morgan fingerprint density at radius 2 is 2.05 bits per heavy atom. The first-order chi connectivity index (χ1) is 10.1. The zero-order valence-electron chi connectivity index (χ0n) is 13.9. The van der Waals surface area contributed by atoms with Gasteiger partial charge in [0.1, 0.15) is 0 Å². The number of guanidine groups is 1. The molecular weight excluding hydrogens is 387 g/mol. The molecule has 0 fully saturated rings. The number of nitrogens with one attached hydrogen (secondary N) is 1. The lowest BCUT2D eigenvalue weighted by molar-refractivity contribution is 0.282. The van der Waals surface area contributed by atoms with Gasteiger partial charge in [-0.05, 0) is 63.8 Å². The lowest BCUT2D eigenvalue weighted by Gasteiger charge is -2.21. The summed E-state index contributed by atoms with van der Waals surface area (Å²) in [5.74, 6) is 0.520. The Balaban J connectivity index is 0.00000242. The molecule has 0 atom stereocenters. The van der Waals surface area contributed by atoms with Gasteiger partial charge in [0.2, 0.25) is 0 Å². The Kier molecular flexibility index (Phi) is 8.17. The summed E-state index contributed by atoms with van der Waals surface area (Å²) in [5.41, 5.74) is 10.0. The molecule has 4 nitrogen and oxygen atoms in total. The van der Waals surface area contributed by atoms with E-state index >= 15 is 0 Å². The fourth-order valence-corrected chi connectivity index (χ4v) is 2.66. The van der Waals surface area contributed by atoms with Crippen LogP contribution < -0.4 is 11.1 Å². The van der Waals surface area contributed by atoms with E-state index in [0.717, 1.165) is 25.2 Å². The molecule has 0 spiro atoms. The van der Waals surface area contributed by atoms with Crippen molar-refractivity contribution >= 4 is 35.6 Å². The van der Waals surface area contributed by atoms with Gasteiger partial charge >= 0.3 is 0 Å². The van der Waals surface area contributed by atoms with Crippen LogP contribution in [0.2, 0.25) is 0 Å². The molecule has 22 heavy (non-hydrogen) atoms. The summed E-state index contributed by atoms with van der Waals surface area (Å²) in [4.78, 5) is 6.70. The Hall–Kier alpha value is -0.820. The van der Waals surface area contributed by atoms with Gasteiger partial charge in [-0.25, -0.2) is 0 Å². The number of hydrogen-bond acceptors (Lipinski definition) is 2. The number of aliphatic imine (C=N–C) groups is 1. The van der Waals surface area contributed by atoms with Gasteiger partial charge in [-0.15, -0.1) is 24.0 Å². The third-order valence-corrected chi connectivity index (χ3v) is 4.28. The highest BCUT2D eigenvalue weighted by Gasteiger charge is 2.13. The molecule has 0 heterocycles. The minimum Gasteiger partial charge on any atom is -0.370 e. The number of likely N-dealkylation sites (N-methyl/N-ethyl adjacent to an activating group) is 1. The van der Waals surface area contributed by atoms with Gasteiger partial charge in [-0.3, -0.25) is 4.99 Å². The first-order valence-electron chi connectivity index (χ1n) is 7.96. The molecule has 5 heteroatoms. The van der Waals surface area contributed by atoms with Crippen molar-refractivity contribution in [3.63, 3.8) is 0 Å². The summed E-state index contributed by atoms with van der Waals surface area (Å²) in [6.07, 6.45) is 4.88. The van der Waals surface area contributed by atoms with Crippen LogP contribution >= 0.6 is 24.0 Å². The second kappa shape index (κ2) is 9.35. The van der Waals surface area contributed by atoms with E-state index in [1.165, 1.54) is 30.4 Å². The van der Waals surface area contributed by atoms with E-state index in [2.05, 4.69) is 54.3 Å². The monoisotopic (exact) mass is 416 g/mol. The van der Waals surface area contributed by atoms with E-state index in [1.54, 1.807) is 0 Å². The van der Waals surface area contributed by atoms with Crippen LogP contribution in [0.3, 0.4) is 0 Å². The van der Waals surface area contributed by atoms with Crippen molar-refractivity contribution in [2.24, 2.45) is 10.7 Å². The van der Waals surface area contributed by atoms with Crippen LogP contribution in [0.5, 0.6) is 0 Å². The summed E-state index contributed by atoms with van der Waals surface area (Å²) < 4.78 is 0. The standard InChI is InChI=1S/C17H28N4.HI/c1-13(2)21(3)12-11-19-17(18)20-16-10-6-8-14-7-4-5-9-15(14)16;/h6,8,10,13H,4-5,7,9,11-12H2,1-3H3,(H3,18,19,20);1H. The molecule has 1 aliphatic rings. The zero-order valence-corrected chi connectivity index (χ0v) is 16.3. The summed E-state index contributed by atoms with van der Waals surface area (Å²) in [6.45, 7) is 6.01. The molecule has 0 aliphatic heterocycles. The van der Waals surface area contributed by atoms with Gasteiger partial charge in [0.15, 0.2) is 5.96 Å². The third kappa shape index (κ3) is 5.43. The topological polar surface area (TPSA) is 53.6 Å². The molecule has 0 radical (unpaired) electrons. The van der Waals surface area contributed by atoms with E-state index in [0.29, 0.717) is 12.0 Å². The van der Waals surface area contributed by atoms with Crippen molar-refractivity contribution in [3.8, 4) is 0 Å². The van der Waals surface area contributed by atoms with Crippen molar-refractivity contribution < 1.29 is 0 Å². The van der Waals surface area contributed by atoms with Crippen LogP contribution in [-0.4, -0.2) is 37.0 Å². The average molecular weight is 416 g/mol. The second-order valence-corrected chi connectivity index (χ2v) is 6.12. The normalized spacial score (nSPS) is 14.7. The zero-order chi connectivity index (χ0) is 15.2. The van der Waals surface area contributed by atoms with Crippen LogP contribution in [0, 0.1) is 0 Å². The Morgan fingerprint density at radius 3 is 2.77 bits per heavy atom. The summed E-state index contributed by atoms with van der Waals surface area (Å²) in [7, 11) is 2.11. The lowest BCUT2D eigenvalue weighted by atomic mass is 9.90. The SMILES string of the molecule is CC(C)N(C)CCN=C(N)Nc1cccc2c1CCCC2.I. The van der Waals surface area contributed by atoms with Gasteiger partial charge in [0.25, 0.3) is 0 Å². The maximum absolute atomic E-state index is 6.02. The highest BCUT2D eigenvalue weighted by molar-refractivity contribution is 14.0. The smallest absolute Gasteiger partial charge is 0.193 e. The second-order valence-electron chi connectivity index (χ2n) is 6.12. The molecule has 0 bridgehead atoms. The summed E-state index contributed by atoms with van der Waals surface area (Å²) in [6, 6.07) is 6.97. The van der Waals surface area contributed by atoms with E-state index in [1.807, 2.05) is 0 Å². The first kappa shape index (κ1) is 19.2. The summed E-state index contributed by atoms with van der Waals surface area (Å²) >= 11 is 0. The van der Waals surface area contributed by atoms with E-state index in [-0.39, 0.29) is 24.0 Å². The quantitative estimate of drug-likeness (QED) is 0.440. The van der Waals surface area contributed by atoms with Gasteiger partial charge in [0.05, 0.1) is 6.54 Å². The number of rotatable bonds is 5. The molecule has 0 amide bonds. The lowest BCUT2D eigenvalue weighted by Crippen LogP contribution is -2.30. The minimum atomic E-state index is 0. The van der Waals surface area contributed by atoms with Gasteiger partial charge in [-0.2, -0.15) is 0 Å². The van der Waals surface area contributed by atoms with Crippen molar-refractivity contribution in [1.82, 2.24) is 4.90 Å².